The standard InChI is InChI=1S/C10H13NO3/c1-2-6-4-3-5-7(9(6)12)8(11)10(13)14/h3-5,8,12H,2,11H2,1H3,(H,13,14). The zero-order valence-electron chi connectivity index (χ0n) is 7.90. The van der Waals surface area contributed by atoms with Gasteiger partial charge in [-0.05, 0) is 12.0 Å². The molecule has 0 heterocycles. The summed E-state index contributed by atoms with van der Waals surface area (Å²) in [5.74, 6) is -1.15. The van der Waals surface area contributed by atoms with E-state index in [1.54, 1.807) is 12.1 Å². The van der Waals surface area contributed by atoms with E-state index in [1.165, 1.54) is 6.07 Å². The van der Waals surface area contributed by atoms with E-state index in [0.29, 0.717) is 12.0 Å². The average Bonchev–Trinajstić information content (AvgIpc) is 2.17. The van der Waals surface area contributed by atoms with Gasteiger partial charge in [-0.1, -0.05) is 25.1 Å². The molecule has 14 heavy (non-hydrogen) atoms. The van der Waals surface area contributed by atoms with Crippen molar-refractivity contribution in [2.45, 2.75) is 19.4 Å². The summed E-state index contributed by atoms with van der Waals surface area (Å²) >= 11 is 0. The van der Waals surface area contributed by atoms with E-state index in [2.05, 4.69) is 0 Å². The number of aliphatic carboxylic acids is 1. The Labute approximate surface area is 82.0 Å². The number of para-hydroxylation sites is 1. The summed E-state index contributed by atoms with van der Waals surface area (Å²) < 4.78 is 0. The lowest BCUT2D eigenvalue weighted by atomic mass is 10.0. The third-order valence-electron chi connectivity index (χ3n) is 2.13. The molecule has 1 unspecified atom stereocenters. The van der Waals surface area contributed by atoms with Crippen molar-refractivity contribution in [2.75, 3.05) is 0 Å². The van der Waals surface area contributed by atoms with Crippen LogP contribution >= 0.6 is 0 Å². The van der Waals surface area contributed by atoms with E-state index < -0.39 is 12.0 Å². The second kappa shape index (κ2) is 4.11. The Bertz CT molecular complexity index is 349. The zero-order valence-corrected chi connectivity index (χ0v) is 7.90. The summed E-state index contributed by atoms with van der Waals surface area (Å²) in [5, 5.41) is 18.4. The predicted molar refractivity (Wildman–Crippen MR) is 52.0 cm³/mol. The van der Waals surface area contributed by atoms with Crippen molar-refractivity contribution < 1.29 is 15.0 Å². The van der Waals surface area contributed by atoms with Crippen LogP contribution in [-0.2, 0) is 11.2 Å². The summed E-state index contributed by atoms with van der Waals surface area (Å²) in [6.07, 6.45) is 0.645. The first kappa shape index (κ1) is 10.5. The van der Waals surface area contributed by atoms with Crippen molar-refractivity contribution >= 4 is 5.97 Å². The molecule has 0 saturated heterocycles. The van der Waals surface area contributed by atoms with Crippen LogP contribution < -0.4 is 5.73 Å². The van der Waals surface area contributed by atoms with Crippen molar-refractivity contribution in [3.63, 3.8) is 0 Å². The van der Waals surface area contributed by atoms with Crippen LogP contribution in [0, 0.1) is 0 Å². The predicted octanol–water partition coefficient (Wildman–Crippen LogP) is 1.04. The number of hydrogen-bond acceptors (Lipinski definition) is 3. The summed E-state index contributed by atoms with van der Waals surface area (Å²) in [6.45, 7) is 1.88. The summed E-state index contributed by atoms with van der Waals surface area (Å²) in [6, 6.07) is 3.79. The Morgan fingerprint density at radius 3 is 2.71 bits per heavy atom. The molecule has 0 spiro atoms. The minimum absolute atomic E-state index is 0.00935. The minimum Gasteiger partial charge on any atom is -0.507 e. The van der Waals surface area contributed by atoms with Gasteiger partial charge in [-0.15, -0.1) is 0 Å². The van der Waals surface area contributed by atoms with Gasteiger partial charge in [-0.3, -0.25) is 4.79 Å². The summed E-state index contributed by atoms with van der Waals surface area (Å²) in [5.41, 5.74) is 6.37. The number of hydrogen-bond donors (Lipinski definition) is 3. The topological polar surface area (TPSA) is 83.6 Å². The zero-order chi connectivity index (χ0) is 10.7. The van der Waals surface area contributed by atoms with Crippen molar-refractivity contribution in [3.8, 4) is 5.75 Å². The van der Waals surface area contributed by atoms with Crippen LogP contribution in [0.15, 0.2) is 18.2 Å². The van der Waals surface area contributed by atoms with Gasteiger partial charge in [0.2, 0.25) is 0 Å². The number of carbonyl (C=O) groups is 1. The first-order valence-corrected chi connectivity index (χ1v) is 4.37. The van der Waals surface area contributed by atoms with E-state index >= 15 is 0 Å². The van der Waals surface area contributed by atoms with E-state index in [1.807, 2.05) is 6.92 Å². The number of carboxylic acids is 1. The fourth-order valence-corrected chi connectivity index (χ4v) is 1.28. The largest absolute Gasteiger partial charge is 0.507 e. The second-order valence-corrected chi connectivity index (χ2v) is 3.02. The van der Waals surface area contributed by atoms with E-state index in [9.17, 15) is 9.90 Å². The van der Waals surface area contributed by atoms with Gasteiger partial charge < -0.3 is 15.9 Å². The molecule has 0 aliphatic rings. The number of aromatic hydroxyl groups is 1. The monoisotopic (exact) mass is 195 g/mol. The first-order valence-electron chi connectivity index (χ1n) is 4.37. The van der Waals surface area contributed by atoms with Crippen molar-refractivity contribution in [1.29, 1.82) is 0 Å². The molecule has 0 aromatic heterocycles. The number of benzene rings is 1. The third kappa shape index (κ3) is 1.85. The molecule has 0 fully saturated rings. The molecule has 0 radical (unpaired) electrons. The number of phenols is 1. The minimum atomic E-state index is -1.17. The van der Waals surface area contributed by atoms with Gasteiger partial charge in [-0.25, -0.2) is 0 Å². The van der Waals surface area contributed by atoms with Gasteiger partial charge in [0.25, 0.3) is 0 Å². The summed E-state index contributed by atoms with van der Waals surface area (Å²) in [4.78, 5) is 10.6. The molecule has 1 aromatic carbocycles. The molecule has 0 saturated carbocycles. The Morgan fingerprint density at radius 2 is 2.21 bits per heavy atom. The maximum Gasteiger partial charge on any atom is 0.325 e. The van der Waals surface area contributed by atoms with Gasteiger partial charge in [0.05, 0.1) is 0 Å². The lowest BCUT2D eigenvalue weighted by molar-refractivity contribution is -0.138. The second-order valence-electron chi connectivity index (χ2n) is 3.02. The Kier molecular flexibility index (Phi) is 3.09. The van der Waals surface area contributed by atoms with Crippen LogP contribution in [0.2, 0.25) is 0 Å². The smallest absolute Gasteiger partial charge is 0.325 e. The van der Waals surface area contributed by atoms with E-state index in [4.69, 9.17) is 10.8 Å². The molecule has 0 bridgehead atoms. The SMILES string of the molecule is CCc1cccc(C(N)C(=O)O)c1O. The highest BCUT2D eigenvalue weighted by Crippen LogP contribution is 2.27. The van der Waals surface area contributed by atoms with Crippen molar-refractivity contribution in [2.24, 2.45) is 5.73 Å². The van der Waals surface area contributed by atoms with Crippen LogP contribution in [0.5, 0.6) is 5.75 Å². The number of nitrogens with two attached hydrogens (primary N) is 1. The molecule has 1 aromatic rings. The van der Waals surface area contributed by atoms with Gasteiger partial charge in [0, 0.05) is 5.56 Å². The fourth-order valence-electron chi connectivity index (χ4n) is 1.28. The van der Waals surface area contributed by atoms with Gasteiger partial charge in [-0.2, -0.15) is 0 Å². The lowest BCUT2D eigenvalue weighted by Gasteiger charge is -2.11. The molecular formula is C10H13NO3. The van der Waals surface area contributed by atoms with Crippen molar-refractivity contribution in [3.05, 3.63) is 29.3 Å². The molecule has 1 rings (SSSR count). The van der Waals surface area contributed by atoms with Crippen molar-refractivity contribution in [1.82, 2.24) is 0 Å². The molecule has 76 valence electrons. The van der Waals surface area contributed by atoms with Crippen LogP contribution in [0.1, 0.15) is 24.1 Å². The maximum absolute atomic E-state index is 10.6. The quantitative estimate of drug-likeness (QED) is 0.672. The van der Waals surface area contributed by atoms with Gasteiger partial charge >= 0.3 is 5.97 Å². The van der Waals surface area contributed by atoms with Gasteiger partial charge in [0.15, 0.2) is 0 Å². The normalized spacial score (nSPS) is 12.4. The Hall–Kier alpha value is -1.55. The highest BCUT2D eigenvalue weighted by atomic mass is 16.4. The lowest BCUT2D eigenvalue weighted by Crippen LogP contribution is -2.20. The molecular weight excluding hydrogens is 182 g/mol. The van der Waals surface area contributed by atoms with Crippen LogP contribution in [0.25, 0.3) is 0 Å². The highest BCUT2D eigenvalue weighted by Gasteiger charge is 2.18. The van der Waals surface area contributed by atoms with Gasteiger partial charge in [0.1, 0.15) is 11.8 Å². The first-order chi connectivity index (χ1) is 6.57. The molecule has 4 nitrogen and oxygen atoms in total. The average molecular weight is 195 g/mol. The number of carboxylic acid groups (broad SMARTS) is 1. The molecule has 4 heteroatoms. The third-order valence-corrected chi connectivity index (χ3v) is 2.13. The van der Waals surface area contributed by atoms with Crippen LogP contribution in [0.3, 0.4) is 0 Å². The molecule has 0 aliphatic carbocycles. The summed E-state index contributed by atoms with van der Waals surface area (Å²) in [7, 11) is 0. The molecule has 0 amide bonds. The fraction of sp³-hybridized carbons (Fsp3) is 0.300. The van der Waals surface area contributed by atoms with Crippen LogP contribution in [-0.4, -0.2) is 16.2 Å². The molecule has 4 N–H and O–H groups in total. The van der Waals surface area contributed by atoms with E-state index in [0.717, 1.165) is 0 Å². The van der Waals surface area contributed by atoms with Crippen LogP contribution in [0.4, 0.5) is 0 Å². The number of phenolic OH excluding ortho intramolecular Hbond substituents is 1. The number of rotatable bonds is 3. The molecule has 1 atom stereocenters. The number of aryl methyl sites for hydroxylation is 1. The highest BCUT2D eigenvalue weighted by molar-refractivity contribution is 5.76. The maximum atomic E-state index is 10.6. The molecule has 0 aliphatic heterocycles. The Morgan fingerprint density at radius 1 is 1.57 bits per heavy atom. The Balaban J connectivity index is 3.15. The van der Waals surface area contributed by atoms with E-state index in [-0.39, 0.29) is 11.3 Å².